The van der Waals surface area contributed by atoms with Gasteiger partial charge in [-0.05, 0) is 30.7 Å². The highest BCUT2D eigenvalue weighted by Gasteiger charge is 2.33. The lowest BCUT2D eigenvalue weighted by Crippen LogP contribution is -2.47. The zero-order chi connectivity index (χ0) is 16.2. The zero-order valence-electron chi connectivity index (χ0n) is 12.8. The van der Waals surface area contributed by atoms with Crippen LogP contribution in [0.15, 0.2) is 24.3 Å². The molecule has 2 N–H and O–H groups in total. The maximum Gasteiger partial charge on any atom is 0.249 e. The number of nitrogens with zero attached hydrogens (tertiary/aromatic N) is 1. The van der Waals surface area contributed by atoms with Crippen LogP contribution in [-0.2, 0) is 14.3 Å². The molecule has 124 valence electrons. The summed E-state index contributed by atoms with van der Waals surface area (Å²) in [4.78, 5) is 26.2. The summed E-state index contributed by atoms with van der Waals surface area (Å²) >= 11 is 5.87. The van der Waals surface area contributed by atoms with Crippen LogP contribution in [0, 0.1) is 0 Å². The van der Waals surface area contributed by atoms with E-state index < -0.39 is 6.04 Å². The number of halogens is 1. The maximum atomic E-state index is 12.5. The number of ether oxygens (including phenoxy) is 1. The maximum absolute atomic E-state index is 12.5. The van der Waals surface area contributed by atoms with E-state index in [2.05, 4.69) is 10.6 Å². The molecule has 2 heterocycles. The van der Waals surface area contributed by atoms with Gasteiger partial charge in [0.1, 0.15) is 6.04 Å². The second-order valence-corrected chi connectivity index (χ2v) is 6.24. The molecule has 0 aliphatic carbocycles. The van der Waals surface area contributed by atoms with Crippen LogP contribution in [0.5, 0.6) is 0 Å². The predicted octanol–water partition coefficient (Wildman–Crippen LogP) is 0.940. The van der Waals surface area contributed by atoms with Gasteiger partial charge in [0.2, 0.25) is 11.8 Å². The van der Waals surface area contributed by atoms with Gasteiger partial charge in [-0.15, -0.1) is 0 Å². The quantitative estimate of drug-likeness (QED) is 0.858. The SMILES string of the molecule is O=C(CC1COCCN1)NC1CCN(c2ccc(Cl)cc2)C1=O. The Labute approximate surface area is 140 Å². The van der Waals surface area contributed by atoms with Gasteiger partial charge in [-0.3, -0.25) is 9.59 Å². The van der Waals surface area contributed by atoms with Crippen molar-refractivity contribution in [2.75, 3.05) is 31.2 Å². The van der Waals surface area contributed by atoms with E-state index in [0.717, 1.165) is 12.2 Å². The van der Waals surface area contributed by atoms with Crippen LogP contribution in [0.2, 0.25) is 5.02 Å². The van der Waals surface area contributed by atoms with Crippen LogP contribution in [0.3, 0.4) is 0 Å². The predicted molar refractivity (Wildman–Crippen MR) is 87.6 cm³/mol. The summed E-state index contributed by atoms with van der Waals surface area (Å²) < 4.78 is 5.33. The number of carbonyl (C=O) groups is 2. The summed E-state index contributed by atoms with van der Waals surface area (Å²) in [6, 6.07) is 6.70. The van der Waals surface area contributed by atoms with E-state index in [4.69, 9.17) is 16.3 Å². The number of benzene rings is 1. The first-order valence-electron chi connectivity index (χ1n) is 7.81. The van der Waals surface area contributed by atoms with E-state index in [9.17, 15) is 9.59 Å². The van der Waals surface area contributed by atoms with Gasteiger partial charge in [-0.25, -0.2) is 0 Å². The van der Waals surface area contributed by atoms with Crippen molar-refractivity contribution in [1.29, 1.82) is 0 Å². The minimum Gasteiger partial charge on any atom is -0.378 e. The number of hydrogen-bond acceptors (Lipinski definition) is 4. The lowest BCUT2D eigenvalue weighted by molar-refractivity contribution is -0.127. The third-order valence-corrected chi connectivity index (χ3v) is 4.36. The molecule has 6 nitrogen and oxygen atoms in total. The largest absolute Gasteiger partial charge is 0.378 e. The van der Waals surface area contributed by atoms with E-state index in [1.807, 2.05) is 12.1 Å². The van der Waals surface area contributed by atoms with Crippen molar-refractivity contribution in [2.45, 2.75) is 24.9 Å². The lowest BCUT2D eigenvalue weighted by Gasteiger charge is -2.24. The Morgan fingerprint density at radius 1 is 1.39 bits per heavy atom. The summed E-state index contributed by atoms with van der Waals surface area (Å²) in [7, 11) is 0. The molecular weight excluding hydrogens is 318 g/mol. The number of hydrogen-bond donors (Lipinski definition) is 2. The molecule has 2 unspecified atom stereocenters. The van der Waals surface area contributed by atoms with E-state index in [1.165, 1.54) is 0 Å². The molecule has 2 amide bonds. The Morgan fingerprint density at radius 2 is 2.17 bits per heavy atom. The van der Waals surface area contributed by atoms with E-state index in [1.54, 1.807) is 17.0 Å². The summed E-state index contributed by atoms with van der Waals surface area (Å²) in [5, 5.41) is 6.70. The number of rotatable bonds is 4. The van der Waals surface area contributed by atoms with Crippen molar-refractivity contribution < 1.29 is 14.3 Å². The Kier molecular flexibility index (Phi) is 5.15. The molecule has 2 saturated heterocycles. The fraction of sp³-hybridized carbons (Fsp3) is 0.500. The van der Waals surface area contributed by atoms with Crippen molar-refractivity contribution >= 4 is 29.1 Å². The molecule has 2 aliphatic rings. The molecular formula is C16H20ClN3O3. The monoisotopic (exact) mass is 337 g/mol. The Hall–Kier alpha value is -1.63. The van der Waals surface area contributed by atoms with E-state index >= 15 is 0 Å². The van der Waals surface area contributed by atoms with Crippen LogP contribution in [0.4, 0.5) is 5.69 Å². The molecule has 0 saturated carbocycles. The number of nitrogens with one attached hydrogen (secondary N) is 2. The first kappa shape index (κ1) is 16.2. The molecule has 23 heavy (non-hydrogen) atoms. The van der Waals surface area contributed by atoms with Gasteiger partial charge < -0.3 is 20.3 Å². The summed E-state index contributed by atoms with van der Waals surface area (Å²) in [6.45, 7) is 2.55. The van der Waals surface area contributed by atoms with Crippen LogP contribution in [0.1, 0.15) is 12.8 Å². The first-order valence-corrected chi connectivity index (χ1v) is 8.19. The van der Waals surface area contributed by atoms with Crippen molar-refractivity contribution in [2.24, 2.45) is 0 Å². The van der Waals surface area contributed by atoms with Gasteiger partial charge >= 0.3 is 0 Å². The summed E-state index contributed by atoms with van der Waals surface area (Å²) in [5.74, 6) is -0.196. The fourth-order valence-corrected chi connectivity index (χ4v) is 3.05. The number of morpholine rings is 1. The van der Waals surface area contributed by atoms with Gasteiger partial charge in [-0.1, -0.05) is 11.6 Å². The second kappa shape index (κ2) is 7.29. The smallest absolute Gasteiger partial charge is 0.249 e. The molecule has 2 fully saturated rings. The van der Waals surface area contributed by atoms with Crippen LogP contribution in [-0.4, -0.2) is 50.2 Å². The van der Waals surface area contributed by atoms with Crippen molar-refractivity contribution in [1.82, 2.24) is 10.6 Å². The average molecular weight is 338 g/mol. The fourth-order valence-electron chi connectivity index (χ4n) is 2.92. The van der Waals surface area contributed by atoms with Gasteiger partial charge in [0.05, 0.1) is 13.2 Å². The molecule has 3 rings (SSSR count). The van der Waals surface area contributed by atoms with Gasteiger partial charge in [0.15, 0.2) is 0 Å². The Morgan fingerprint density at radius 3 is 2.87 bits per heavy atom. The highest BCUT2D eigenvalue weighted by molar-refractivity contribution is 6.30. The van der Waals surface area contributed by atoms with Crippen molar-refractivity contribution in [3.05, 3.63) is 29.3 Å². The molecule has 7 heteroatoms. The van der Waals surface area contributed by atoms with Crippen molar-refractivity contribution in [3.8, 4) is 0 Å². The first-order chi connectivity index (χ1) is 11.1. The van der Waals surface area contributed by atoms with Gasteiger partial charge in [0.25, 0.3) is 0 Å². The van der Waals surface area contributed by atoms with E-state index in [0.29, 0.717) is 37.6 Å². The van der Waals surface area contributed by atoms with Gasteiger partial charge in [0, 0.05) is 36.3 Å². The average Bonchev–Trinajstić information content (AvgIpc) is 2.90. The number of anilines is 1. The third-order valence-electron chi connectivity index (χ3n) is 4.11. The van der Waals surface area contributed by atoms with E-state index in [-0.39, 0.29) is 17.9 Å². The molecule has 0 aromatic heterocycles. The van der Waals surface area contributed by atoms with Crippen LogP contribution in [0.25, 0.3) is 0 Å². The lowest BCUT2D eigenvalue weighted by atomic mass is 10.1. The normalized spacial score (nSPS) is 24.7. The second-order valence-electron chi connectivity index (χ2n) is 5.81. The van der Waals surface area contributed by atoms with Crippen LogP contribution < -0.4 is 15.5 Å². The minimum atomic E-state index is -0.456. The summed E-state index contributed by atoms with van der Waals surface area (Å²) in [5.41, 5.74) is 0.804. The van der Waals surface area contributed by atoms with Gasteiger partial charge in [-0.2, -0.15) is 0 Å². The van der Waals surface area contributed by atoms with Crippen LogP contribution >= 0.6 is 11.6 Å². The Balaban J connectivity index is 1.54. The molecule has 0 spiro atoms. The molecule has 1 aromatic carbocycles. The Bertz CT molecular complexity index is 572. The molecule has 2 aliphatic heterocycles. The molecule has 0 bridgehead atoms. The molecule has 0 radical (unpaired) electrons. The highest BCUT2D eigenvalue weighted by Crippen LogP contribution is 2.23. The molecule has 2 atom stereocenters. The number of amides is 2. The third kappa shape index (κ3) is 4.02. The van der Waals surface area contributed by atoms with Crippen molar-refractivity contribution in [3.63, 3.8) is 0 Å². The standard InChI is InChI=1S/C16H20ClN3O3/c17-11-1-3-13(4-2-11)20-7-5-14(16(20)22)19-15(21)9-12-10-23-8-6-18-12/h1-4,12,14,18H,5-10H2,(H,19,21). The summed E-state index contributed by atoms with van der Waals surface area (Å²) in [6.07, 6.45) is 0.937. The minimum absolute atomic E-state index is 0.0209. The number of carbonyl (C=O) groups excluding carboxylic acids is 2. The zero-order valence-corrected chi connectivity index (χ0v) is 13.5. The molecule has 1 aromatic rings. The topological polar surface area (TPSA) is 70.7 Å². The highest BCUT2D eigenvalue weighted by atomic mass is 35.5.